The van der Waals surface area contributed by atoms with Gasteiger partial charge in [0.05, 0.1) is 0 Å². The Morgan fingerprint density at radius 3 is 2.15 bits per heavy atom. The van der Waals surface area contributed by atoms with Crippen molar-refractivity contribution in [2.75, 3.05) is 11.5 Å². The Kier molecular flexibility index (Phi) is 16.4. The number of ketones is 1. The monoisotopic (exact) mass is 394 g/mol. The second-order valence-electron chi connectivity index (χ2n) is 8.56. The minimum atomic E-state index is 0.318. The maximum Gasteiger partial charge on any atom is 0.137 e. The zero-order valence-electron chi connectivity index (χ0n) is 18.2. The van der Waals surface area contributed by atoms with E-state index in [1.165, 1.54) is 102 Å². The van der Waals surface area contributed by atoms with Crippen molar-refractivity contribution in [1.82, 2.24) is 0 Å². The van der Waals surface area contributed by atoms with Crippen LogP contribution in [-0.2, 0) is 4.79 Å². The van der Waals surface area contributed by atoms with Gasteiger partial charge in [-0.05, 0) is 37.4 Å². The summed E-state index contributed by atoms with van der Waals surface area (Å²) in [5.74, 6) is 3.80. The fourth-order valence-electron chi connectivity index (χ4n) is 4.36. The molecule has 1 aliphatic carbocycles. The molecule has 158 valence electrons. The van der Waals surface area contributed by atoms with Gasteiger partial charge in [0.1, 0.15) is 5.78 Å². The molecule has 27 heavy (non-hydrogen) atoms. The van der Waals surface area contributed by atoms with Crippen LogP contribution in [0.25, 0.3) is 0 Å². The van der Waals surface area contributed by atoms with Gasteiger partial charge in [0, 0.05) is 18.1 Å². The van der Waals surface area contributed by atoms with Crippen LogP contribution in [0.1, 0.15) is 116 Å². The van der Waals surface area contributed by atoms with E-state index in [1.807, 2.05) is 17.8 Å². The molecule has 1 nitrogen and oxygen atoms in total. The van der Waals surface area contributed by atoms with E-state index in [0.29, 0.717) is 24.0 Å². The van der Waals surface area contributed by atoms with Crippen molar-refractivity contribution in [1.29, 1.82) is 0 Å². The van der Waals surface area contributed by atoms with Crippen LogP contribution in [0.5, 0.6) is 0 Å². The number of hydrogen-bond donors (Lipinski definition) is 0. The van der Waals surface area contributed by atoms with Gasteiger partial charge >= 0.3 is 0 Å². The lowest BCUT2D eigenvalue weighted by atomic mass is 9.78. The zero-order valence-corrected chi connectivity index (χ0v) is 19.0. The summed E-state index contributed by atoms with van der Waals surface area (Å²) in [6.45, 7) is 6.07. The highest BCUT2D eigenvalue weighted by atomic mass is 32.2. The van der Waals surface area contributed by atoms with E-state index in [0.717, 1.165) is 12.2 Å². The molecule has 1 atom stereocenters. The Bertz CT molecular complexity index is 359. The van der Waals surface area contributed by atoms with Crippen LogP contribution in [0, 0.1) is 11.8 Å². The van der Waals surface area contributed by atoms with E-state index in [9.17, 15) is 4.79 Å². The number of rotatable bonds is 18. The SMILES string of the molecule is C=CCCC(=O)C(CSCCCCCCCCCCCC)C1CCCCC1. The number of unbranched alkanes of at least 4 members (excludes halogenated alkanes) is 9. The summed E-state index contributed by atoms with van der Waals surface area (Å²) >= 11 is 2.05. The van der Waals surface area contributed by atoms with E-state index in [-0.39, 0.29) is 0 Å². The minimum Gasteiger partial charge on any atom is -0.299 e. The fraction of sp³-hybridized carbons (Fsp3) is 0.880. The van der Waals surface area contributed by atoms with Crippen LogP contribution in [0.2, 0.25) is 0 Å². The molecule has 2 heteroatoms. The first-order valence-electron chi connectivity index (χ1n) is 12.0. The summed E-state index contributed by atoms with van der Waals surface area (Å²) in [6, 6.07) is 0. The van der Waals surface area contributed by atoms with Crippen molar-refractivity contribution in [2.24, 2.45) is 11.8 Å². The molecule has 1 saturated carbocycles. The molecule has 0 saturated heterocycles. The molecule has 0 bridgehead atoms. The molecule has 0 aromatic carbocycles. The Balaban J connectivity index is 2.09. The summed E-state index contributed by atoms with van der Waals surface area (Å²) in [5, 5.41) is 0. The lowest BCUT2D eigenvalue weighted by Gasteiger charge is -2.29. The van der Waals surface area contributed by atoms with Crippen molar-refractivity contribution in [3.8, 4) is 0 Å². The standard InChI is InChI=1S/C25H46OS/c1-3-5-7-8-9-10-11-12-13-17-21-27-22-24(25(26)20-6-4-2)23-18-15-14-16-19-23/h4,23-24H,2-3,5-22H2,1H3. The first-order valence-corrected chi connectivity index (χ1v) is 13.2. The third-order valence-electron chi connectivity index (χ3n) is 6.17. The van der Waals surface area contributed by atoms with Crippen molar-refractivity contribution in [3.05, 3.63) is 12.7 Å². The average Bonchev–Trinajstić information content (AvgIpc) is 2.70. The normalized spacial score (nSPS) is 16.3. The molecular formula is C25H46OS. The van der Waals surface area contributed by atoms with Crippen molar-refractivity contribution >= 4 is 17.5 Å². The maximum atomic E-state index is 12.7. The van der Waals surface area contributed by atoms with Gasteiger partial charge in [0.2, 0.25) is 0 Å². The number of carbonyl (C=O) groups is 1. The van der Waals surface area contributed by atoms with Gasteiger partial charge in [-0.15, -0.1) is 6.58 Å². The highest BCUT2D eigenvalue weighted by molar-refractivity contribution is 7.99. The smallest absolute Gasteiger partial charge is 0.137 e. The highest BCUT2D eigenvalue weighted by Crippen LogP contribution is 2.33. The van der Waals surface area contributed by atoms with Gasteiger partial charge in [-0.3, -0.25) is 4.79 Å². The van der Waals surface area contributed by atoms with Crippen LogP contribution >= 0.6 is 11.8 Å². The van der Waals surface area contributed by atoms with Crippen LogP contribution < -0.4 is 0 Å². The highest BCUT2D eigenvalue weighted by Gasteiger charge is 2.28. The predicted molar refractivity (Wildman–Crippen MR) is 124 cm³/mol. The van der Waals surface area contributed by atoms with Crippen LogP contribution in [0.4, 0.5) is 0 Å². The maximum absolute atomic E-state index is 12.7. The van der Waals surface area contributed by atoms with Gasteiger partial charge in [0.15, 0.2) is 0 Å². The van der Waals surface area contributed by atoms with Gasteiger partial charge in [-0.25, -0.2) is 0 Å². The van der Waals surface area contributed by atoms with E-state index < -0.39 is 0 Å². The molecule has 0 heterocycles. The molecule has 0 radical (unpaired) electrons. The topological polar surface area (TPSA) is 17.1 Å². The molecule has 1 fully saturated rings. The molecule has 0 N–H and O–H groups in total. The van der Waals surface area contributed by atoms with Gasteiger partial charge in [-0.1, -0.05) is 90.0 Å². The minimum absolute atomic E-state index is 0.318. The Morgan fingerprint density at radius 1 is 0.963 bits per heavy atom. The second-order valence-corrected chi connectivity index (χ2v) is 9.70. The van der Waals surface area contributed by atoms with Gasteiger partial charge < -0.3 is 0 Å². The number of carbonyl (C=O) groups excluding carboxylic acids is 1. The van der Waals surface area contributed by atoms with Crippen molar-refractivity contribution < 1.29 is 4.79 Å². The molecule has 0 amide bonds. The first kappa shape index (κ1) is 24.8. The van der Waals surface area contributed by atoms with Crippen LogP contribution in [0.3, 0.4) is 0 Å². The van der Waals surface area contributed by atoms with Crippen molar-refractivity contribution in [2.45, 2.75) is 116 Å². The zero-order chi connectivity index (χ0) is 19.6. The third-order valence-corrected chi connectivity index (χ3v) is 7.34. The lowest BCUT2D eigenvalue weighted by Crippen LogP contribution is -2.28. The van der Waals surface area contributed by atoms with Crippen molar-refractivity contribution in [3.63, 3.8) is 0 Å². The second kappa shape index (κ2) is 17.8. The molecular weight excluding hydrogens is 348 g/mol. The number of allylic oxidation sites excluding steroid dienone is 1. The molecule has 0 aromatic rings. The third kappa shape index (κ3) is 12.8. The van der Waals surface area contributed by atoms with E-state index in [1.54, 1.807) is 0 Å². The number of thioether (sulfide) groups is 1. The molecule has 1 unspecified atom stereocenters. The molecule has 1 aliphatic rings. The Hall–Kier alpha value is -0.240. The van der Waals surface area contributed by atoms with E-state index in [2.05, 4.69) is 13.5 Å². The fourth-order valence-corrected chi connectivity index (χ4v) is 5.65. The summed E-state index contributed by atoms with van der Waals surface area (Å²) in [6.07, 6.45) is 24.1. The predicted octanol–water partition coefficient (Wildman–Crippen LogP) is 8.37. The summed E-state index contributed by atoms with van der Waals surface area (Å²) in [4.78, 5) is 12.7. The summed E-state index contributed by atoms with van der Waals surface area (Å²) in [5.41, 5.74) is 0. The molecule has 0 spiro atoms. The number of hydrogen-bond acceptors (Lipinski definition) is 2. The molecule has 1 rings (SSSR count). The average molecular weight is 395 g/mol. The quantitative estimate of drug-likeness (QED) is 0.171. The Morgan fingerprint density at radius 2 is 1.56 bits per heavy atom. The van der Waals surface area contributed by atoms with Crippen LogP contribution in [0.15, 0.2) is 12.7 Å². The summed E-state index contributed by atoms with van der Waals surface area (Å²) in [7, 11) is 0. The lowest BCUT2D eigenvalue weighted by molar-refractivity contribution is -0.124. The van der Waals surface area contributed by atoms with Gasteiger partial charge in [-0.2, -0.15) is 11.8 Å². The largest absolute Gasteiger partial charge is 0.299 e. The Labute approximate surface area is 174 Å². The van der Waals surface area contributed by atoms with E-state index in [4.69, 9.17) is 0 Å². The van der Waals surface area contributed by atoms with E-state index >= 15 is 0 Å². The van der Waals surface area contributed by atoms with Crippen LogP contribution in [-0.4, -0.2) is 17.3 Å². The first-order chi connectivity index (χ1) is 13.3. The molecule has 0 aromatic heterocycles. The number of Topliss-reactive ketones (excluding diaryl/α,β-unsaturated/α-hetero) is 1. The molecule has 0 aliphatic heterocycles. The summed E-state index contributed by atoms with van der Waals surface area (Å²) < 4.78 is 0. The van der Waals surface area contributed by atoms with Gasteiger partial charge in [0.25, 0.3) is 0 Å².